The SMILES string of the molecule is O=C1CC2(CCN(C(=O)c3ccccn3)CC2)CN1Cc1cc(F)cc(F)c1. The zero-order chi connectivity index (χ0) is 19.7. The molecule has 2 aliphatic rings. The highest BCUT2D eigenvalue weighted by Gasteiger charge is 2.45. The van der Waals surface area contributed by atoms with Crippen LogP contribution in [0.5, 0.6) is 0 Å². The lowest BCUT2D eigenvalue weighted by atomic mass is 9.77. The average molecular weight is 385 g/mol. The second-order valence-electron chi connectivity index (χ2n) is 7.71. The summed E-state index contributed by atoms with van der Waals surface area (Å²) in [5.41, 5.74) is 0.700. The van der Waals surface area contributed by atoms with Crippen LogP contribution in [0.1, 0.15) is 35.3 Å². The molecule has 0 unspecified atom stereocenters. The average Bonchev–Trinajstić information content (AvgIpc) is 2.96. The molecule has 146 valence electrons. The van der Waals surface area contributed by atoms with Crippen LogP contribution in [0, 0.1) is 17.0 Å². The first-order valence-electron chi connectivity index (χ1n) is 9.37. The Labute approximate surface area is 162 Å². The van der Waals surface area contributed by atoms with E-state index in [0.29, 0.717) is 37.3 Å². The zero-order valence-electron chi connectivity index (χ0n) is 15.4. The minimum atomic E-state index is -0.641. The van der Waals surface area contributed by atoms with Crippen molar-refractivity contribution in [1.29, 1.82) is 0 Å². The molecule has 0 radical (unpaired) electrons. The third kappa shape index (κ3) is 3.74. The fourth-order valence-corrected chi connectivity index (χ4v) is 4.22. The maximum absolute atomic E-state index is 13.4. The summed E-state index contributed by atoms with van der Waals surface area (Å²) < 4.78 is 26.8. The van der Waals surface area contributed by atoms with Crippen LogP contribution < -0.4 is 0 Å². The molecule has 0 aliphatic carbocycles. The number of benzene rings is 1. The van der Waals surface area contributed by atoms with Gasteiger partial charge in [-0.25, -0.2) is 8.78 Å². The van der Waals surface area contributed by atoms with Crippen LogP contribution >= 0.6 is 0 Å². The summed E-state index contributed by atoms with van der Waals surface area (Å²) in [7, 11) is 0. The molecule has 1 aromatic carbocycles. The molecule has 1 spiro atoms. The van der Waals surface area contributed by atoms with Gasteiger partial charge in [0.2, 0.25) is 5.91 Å². The molecule has 28 heavy (non-hydrogen) atoms. The number of halogens is 2. The Morgan fingerprint density at radius 3 is 2.46 bits per heavy atom. The topological polar surface area (TPSA) is 53.5 Å². The van der Waals surface area contributed by atoms with Crippen molar-refractivity contribution in [3.63, 3.8) is 0 Å². The lowest BCUT2D eigenvalue weighted by Crippen LogP contribution is -2.44. The summed E-state index contributed by atoms with van der Waals surface area (Å²) in [5, 5.41) is 0. The molecule has 2 amide bonds. The molecule has 5 nitrogen and oxygen atoms in total. The number of amides is 2. The van der Waals surface area contributed by atoms with E-state index in [0.717, 1.165) is 18.9 Å². The van der Waals surface area contributed by atoms with E-state index in [4.69, 9.17) is 0 Å². The Hall–Kier alpha value is -2.83. The molecule has 7 heteroatoms. The number of likely N-dealkylation sites (tertiary alicyclic amines) is 2. The van der Waals surface area contributed by atoms with Crippen molar-refractivity contribution in [1.82, 2.24) is 14.8 Å². The number of carbonyl (C=O) groups excluding carboxylic acids is 2. The summed E-state index contributed by atoms with van der Waals surface area (Å²) in [6.07, 6.45) is 3.47. The summed E-state index contributed by atoms with van der Waals surface area (Å²) in [6, 6.07) is 8.60. The Balaban J connectivity index is 1.39. The standard InChI is InChI=1S/C21H21F2N3O2/c22-16-9-15(10-17(23)11-16)13-26-14-21(12-19(26)27)4-7-25(8-5-21)20(28)18-3-1-2-6-24-18/h1-3,6,9-11H,4-5,7-8,12-14H2. The number of hydrogen-bond acceptors (Lipinski definition) is 3. The van der Waals surface area contributed by atoms with Crippen molar-refractivity contribution < 1.29 is 18.4 Å². The summed E-state index contributed by atoms with van der Waals surface area (Å²) in [4.78, 5) is 32.6. The normalized spacial score (nSPS) is 18.7. The fraction of sp³-hybridized carbons (Fsp3) is 0.381. The zero-order valence-corrected chi connectivity index (χ0v) is 15.4. The van der Waals surface area contributed by atoms with E-state index in [2.05, 4.69) is 4.98 Å². The highest BCUT2D eigenvalue weighted by Crippen LogP contribution is 2.41. The minimum Gasteiger partial charge on any atom is -0.338 e. The van der Waals surface area contributed by atoms with E-state index >= 15 is 0 Å². The number of rotatable bonds is 3. The molecule has 2 fully saturated rings. The first kappa shape index (κ1) is 18.5. The lowest BCUT2D eigenvalue weighted by molar-refractivity contribution is -0.128. The molecule has 0 atom stereocenters. The molecular weight excluding hydrogens is 364 g/mol. The highest BCUT2D eigenvalue weighted by atomic mass is 19.1. The van der Waals surface area contributed by atoms with E-state index < -0.39 is 11.6 Å². The maximum atomic E-state index is 13.4. The van der Waals surface area contributed by atoms with Crippen molar-refractivity contribution in [2.75, 3.05) is 19.6 Å². The van der Waals surface area contributed by atoms with E-state index in [1.54, 1.807) is 34.2 Å². The van der Waals surface area contributed by atoms with Crippen molar-refractivity contribution in [2.45, 2.75) is 25.8 Å². The van der Waals surface area contributed by atoms with Crippen LogP contribution in [0.15, 0.2) is 42.6 Å². The van der Waals surface area contributed by atoms with Crippen LogP contribution in [0.2, 0.25) is 0 Å². The van der Waals surface area contributed by atoms with Gasteiger partial charge in [-0.2, -0.15) is 0 Å². The monoisotopic (exact) mass is 385 g/mol. The largest absolute Gasteiger partial charge is 0.338 e. The molecule has 3 heterocycles. The van der Waals surface area contributed by atoms with E-state index in [9.17, 15) is 18.4 Å². The van der Waals surface area contributed by atoms with Crippen molar-refractivity contribution in [3.8, 4) is 0 Å². The quantitative estimate of drug-likeness (QED) is 0.816. The third-order valence-corrected chi connectivity index (χ3v) is 5.70. The van der Waals surface area contributed by atoms with Gasteiger partial charge in [-0.15, -0.1) is 0 Å². The number of pyridine rings is 1. The van der Waals surface area contributed by atoms with Gasteiger partial charge in [0.1, 0.15) is 17.3 Å². The van der Waals surface area contributed by atoms with E-state index in [-0.39, 0.29) is 23.8 Å². The van der Waals surface area contributed by atoms with Gasteiger partial charge in [0.25, 0.3) is 5.91 Å². The smallest absolute Gasteiger partial charge is 0.272 e. The predicted molar refractivity (Wildman–Crippen MR) is 98.2 cm³/mol. The summed E-state index contributed by atoms with van der Waals surface area (Å²) >= 11 is 0. The second kappa shape index (κ2) is 7.30. The molecule has 0 bridgehead atoms. The van der Waals surface area contributed by atoms with Gasteiger partial charge in [-0.1, -0.05) is 6.07 Å². The number of piperidine rings is 1. The van der Waals surface area contributed by atoms with Gasteiger partial charge in [-0.05, 0) is 42.7 Å². The van der Waals surface area contributed by atoms with Gasteiger partial charge < -0.3 is 9.80 Å². The van der Waals surface area contributed by atoms with Gasteiger partial charge in [0.15, 0.2) is 0 Å². The van der Waals surface area contributed by atoms with Gasteiger partial charge >= 0.3 is 0 Å². The number of carbonyl (C=O) groups is 2. The lowest BCUT2D eigenvalue weighted by Gasteiger charge is -2.38. The Morgan fingerprint density at radius 2 is 1.82 bits per heavy atom. The second-order valence-corrected chi connectivity index (χ2v) is 7.71. The number of hydrogen-bond donors (Lipinski definition) is 0. The molecule has 4 rings (SSSR count). The van der Waals surface area contributed by atoms with Crippen LogP contribution in [-0.2, 0) is 11.3 Å². The van der Waals surface area contributed by atoms with Crippen molar-refractivity contribution >= 4 is 11.8 Å². The van der Waals surface area contributed by atoms with Gasteiger partial charge in [-0.3, -0.25) is 14.6 Å². The Kier molecular flexibility index (Phi) is 4.83. The molecule has 2 saturated heterocycles. The Bertz CT molecular complexity index is 876. The van der Waals surface area contributed by atoms with E-state index in [1.165, 1.54) is 12.1 Å². The van der Waals surface area contributed by atoms with Crippen molar-refractivity contribution in [3.05, 3.63) is 65.5 Å². The minimum absolute atomic E-state index is 0.00540. The number of aromatic nitrogens is 1. The summed E-state index contributed by atoms with van der Waals surface area (Å²) in [5.74, 6) is -1.38. The molecule has 2 aliphatic heterocycles. The van der Waals surface area contributed by atoms with Crippen LogP contribution in [0.3, 0.4) is 0 Å². The summed E-state index contributed by atoms with van der Waals surface area (Å²) in [6.45, 7) is 1.90. The third-order valence-electron chi connectivity index (χ3n) is 5.70. The maximum Gasteiger partial charge on any atom is 0.272 e. The van der Waals surface area contributed by atoms with Crippen LogP contribution in [-0.4, -0.2) is 46.2 Å². The van der Waals surface area contributed by atoms with Crippen LogP contribution in [0.4, 0.5) is 8.78 Å². The molecule has 2 aromatic rings. The molecule has 0 saturated carbocycles. The van der Waals surface area contributed by atoms with E-state index in [1.807, 2.05) is 0 Å². The first-order chi connectivity index (χ1) is 13.4. The van der Waals surface area contributed by atoms with Gasteiger partial charge in [0, 0.05) is 50.3 Å². The van der Waals surface area contributed by atoms with Gasteiger partial charge in [0.05, 0.1) is 0 Å². The Morgan fingerprint density at radius 1 is 1.11 bits per heavy atom. The van der Waals surface area contributed by atoms with Crippen molar-refractivity contribution in [2.24, 2.45) is 5.41 Å². The fourth-order valence-electron chi connectivity index (χ4n) is 4.22. The molecule has 0 N–H and O–H groups in total. The molecule has 1 aromatic heterocycles. The van der Waals surface area contributed by atoms with Crippen LogP contribution in [0.25, 0.3) is 0 Å². The number of nitrogens with zero attached hydrogens (tertiary/aromatic N) is 3. The molecular formula is C21H21F2N3O2. The highest BCUT2D eigenvalue weighted by molar-refractivity contribution is 5.92. The predicted octanol–water partition coefficient (Wildman–Crippen LogP) is 3.01. The first-order valence-corrected chi connectivity index (χ1v) is 9.37.